The standard InChI is InChI=1S/C9H9N2O3/c1-2-9(12)10-7-5-3-4-6-8(7)11(13)14/h2-6,13H,1H2,(H,10,12)/q-1. The van der Waals surface area contributed by atoms with E-state index in [-0.39, 0.29) is 16.6 Å². The van der Waals surface area contributed by atoms with Crippen LogP contribution in [-0.2, 0) is 4.79 Å². The second-order valence-electron chi connectivity index (χ2n) is 2.48. The average Bonchev–Trinajstić information content (AvgIpc) is 2.18. The Morgan fingerprint density at radius 1 is 1.57 bits per heavy atom. The van der Waals surface area contributed by atoms with E-state index < -0.39 is 5.91 Å². The maximum atomic E-state index is 10.9. The van der Waals surface area contributed by atoms with Crippen molar-refractivity contribution in [2.75, 3.05) is 10.5 Å². The fourth-order valence-corrected chi connectivity index (χ4v) is 0.930. The van der Waals surface area contributed by atoms with Crippen LogP contribution in [0.1, 0.15) is 0 Å². The van der Waals surface area contributed by atoms with Crippen molar-refractivity contribution in [3.05, 3.63) is 42.1 Å². The van der Waals surface area contributed by atoms with Gasteiger partial charge in [0.2, 0.25) is 5.91 Å². The van der Waals surface area contributed by atoms with Gasteiger partial charge in [-0.3, -0.25) is 10.0 Å². The van der Waals surface area contributed by atoms with Crippen LogP contribution in [0.15, 0.2) is 36.9 Å². The highest BCUT2D eigenvalue weighted by molar-refractivity contribution is 6.01. The third-order valence-corrected chi connectivity index (χ3v) is 1.55. The van der Waals surface area contributed by atoms with Gasteiger partial charge in [0.05, 0.1) is 11.4 Å². The largest absolute Gasteiger partial charge is 0.733 e. The zero-order chi connectivity index (χ0) is 10.6. The summed E-state index contributed by atoms with van der Waals surface area (Å²) in [5.74, 6) is -0.445. The number of nitrogens with zero attached hydrogens (tertiary/aromatic N) is 1. The third-order valence-electron chi connectivity index (χ3n) is 1.55. The number of hydrogen-bond acceptors (Lipinski definition) is 4. The highest BCUT2D eigenvalue weighted by Gasteiger charge is 2.03. The normalized spacial score (nSPS) is 9.29. The van der Waals surface area contributed by atoms with E-state index in [2.05, 4.69) is 11.9 Å². The van der Waals surface area contributed by atoms with E-state index in [4.69, 9.17) is 5.21 Å². The molecule has 0 radical (unpaired) electrons. The van der Waals surface area contributed by atoms with Gasteiger partial charge in [-0.25, -0.2) is 0 Å². The second kappa shape index (κ2) is 4.40. The summed E-state index contributed by atoms with van der Waals surface area (Å²) in [6.45, 7) is 3.27. The van der Waals surface area contributed by atoms with Crippen LogP contribution >= 0.6 is 0 Å². The molecule has 0 bridgehead atoms. The van der Waals surface area contributed by atoms with Crippen LogP contribution in [0.5, 0.6) is 0 Å². The molecule has 0 saturated carbocycles. The SMILES string of the molecule is C=CC(=O)Nc1ccccc1N([O-])O. The topological polar surface area (TPSA) is 75.6 Å². The van der Waals surface area contributed by atoms with Gasteiger partial charge in [0.1, 0.15) is 0 Å². The smallest absolute Gasteiger partial charge is 0.247 e. The van der Waals surface area contributed by atoms with Crippen LogP contribution < -0.4 is 10.5 Å². The van der Waals surface area contributed by atoms with Crippen molar-refractivity contribution >= 4 is 17.3 Å². The number of amides is 1. The Hall–Kier alpha value is -1.85. The van der Waals surface area contributed by atoms with Crippen molar-refractivity contribution in [3.8, 4) is 0 Å². The predicted octanol–water partition coefficient (Wildman–Crippen LogP) is 1.50. The van der Waals surface area contributed by atoms with Crippen molar-refractivity contribution < 1.29 is 10.0 Å². The molecule has 0 unspecified atom stereocenters. The van der Waals surface area contributed by atoms with Gasteiger partial charge >= 0.3 is 0 Å². The molecule has 0 aliphatic carbocycles. The Morgan fingerprint density at radius 3 is 2.79 bits per heavy atom. The van der Waals surface area contributed by atoms with Crippen LogP contribution in [0.2, 0.25) is 0 Å². The van der Waals surface area contributed by atoms with E-state index in [1.807, 2.05) is 0 Å². The van der Waals surface area contributed by atoms with Crippen LogP contribution in [0.3, 0.4) is 0 Å². The van der Waals surface area contributed by atoms with Gasteiger partial charge in [0, 0.05) is 0 Å². The number of benzene rings is 1. The second-order valence-corrected chi connectivity index (χ2v) is 2.48. The minimum absolute atomic E-state index is 0.0253. The molecular formula is C9H9N2O3-. The van der Waals surface area contributed by atoms with Crippen LogP contribution in [0, 0.1) is 5.21 Å². The lowest BCUT2D eigenvalue weighted by atomic mass is 10.2. The molecule has 0 fully saturated rings. The fraction of sp³-hybridized carbons (Fsp3) is 0. The molecule has 2 N–H and O–H groups in total. The number of para-hydroxylation sites is 2. The first-order valence-corrected chi connectivity index (χ1v) is 3.83. The number of nitrogens with one attached hydrogen (secondary N) is 1. The van der Waals surface area contributed by atoms with E-state index >= 15 is 0 Å². The van der Waals surface area contributed by atoms with Gasteiger partial charge in [-0.15, -0.1) is 0 Å². The number of rotatable bonds is 3. The predicted molar refractivity (Wildman–Crippen MR) is 52.9 cm³/mol. The lowest BCUT2D eigenvalue weighted by Gasteiger charge is -2.24. The molecule has 74 valence electrons. The lowest BCUT2D eigenvalue weighted by molar-refractivity contribution is -0.111. The van der Waals surface area contributed by atoms with Gasteiger partial charge in [0.15, 0.2) is 0 Å². The van der Waals surface area contributed by atoms with E-state index in [1.54, 1.807) is 12.1 Å². The number of anilines is 2. The lowest BCUT2D eigenvalue weighted by Crippen LogP contribution is -2.13. The Labute approximate surface area is 80.8 Å². The van der Waals surface area contributed by atoms with E-state index in [9.17, 15) is 10.0 Å². The van der Waals surface area contributed by atoms with E-state index in [0.29, 0.717) is 0 Å². The van der Waals surface area contributed by atoms with Crippen molar-refractivity contribution in [1.29, 1.82) is 0 Å². The monoisotopic (exact) mass is 193 g/mol. The van der Waals surface area contributed by atoms with Gasteiger partial charge in [-0.05, 0) is 18.2 Å². The van der Waals surface area contributed by atoms with Gasteiger partial charge in [-0.1, -0.05) is 18.7 Å². The molecule has 1 aromatic rings. The summed E-state index contributed by atoms with van der Waals surface area (Å²) in [6.07, 6.45) is 1.07. The molecule has 14 heavy (non-hydrogen) atoms. The zero-order valence-electron chi connectivity index (χ0n) is 7.30. The molecule has 1 rings (SSSR count). The Bertz CT molecular complexity index is 350. The maximum absolute atomic E-state index is 10.9. The van der Waals surface area contributed by atoms with Crippen LogP contribution in [0.4, 0.5) is 11.4 Å². The molecule has 0 aromatic heterocycles. The van der Waals surface area contributed by atoms with Crippen molar-refractivity contribution in [1.82, 2.24) is 0 Å². The summed E-state index contributed by atoms with van der Waals surface area (Å²) in [5, 5.41) is 21.4. The van der Waals surface area contributed by atoms with Crippen LogP contribution in [0.25, 0.3) is 0 Å². The Morgan fingerprint density at radius 2 is 2.21 bits per heavy atom. The summed E-state index contributed by atoms with van der Waals surface area (Å²) in [4.78, 5) is 10.9. The average molecular weight is 193 g/mol. The van der Waals surface area contributed by atoms with Gasteiger partial charge < -0.3 is 15.8 Å². The van der Waals surface area contributed by atoms with Crippen molar-refractivity contribution in [2.45, 2.75) is 0 Å². The summed E-state index contributed by atoms with van der Waals surface area (Å²) in [7, 11) is 0. The van der Waals surface area contributed by atoms with Gasteiger partial charge in [-0.2, -0.15) is 0 Å². The minimum atomic E-state index is -0.445. The molecule has 0 aliphatic heterocycles. The Kier molecular flexibility index (Phi) is 3.22. The van der Waals surface area contributed by atoms with Crippen molar-refractivity contribution in [3.63, 3.8) is 0 Å². The third kappa shape index (κ3) is 2.32. The highest BCUT2D eigenvalue weighted by Crippen LogP contribution is 2.23. The van der Waals surface area contributed by atoms with Gasteiger partial charge in [0.25, 0.3) is 0 Å². The minimum Gasteiger partial charge on any atom is -0.733 e. The number of carbonyl (C=O) groups is 1. The molecule has 0 saturated heterocycles. The summed E-state index contributed by atoms with van der Waals surface area (Å²) in [5.41, 5.74) is 0.206. The highest BCUT2D eigenvalue weighted by atomic mass is 16.8. The summed E-state index contributed by atoms with van der Waals surface area (Å²) < 4.78 is 0. The first-order valence-electron chi connectivity index (χ1n) is 3.83. The molecule has 1 amide bonds. The Balaban J connectivity index is 2.95. The first-order chi connectivity index (χ1) is 6.65. The molecule has 0 aliphatic rings. The van der Waals surface area contributed by atoms with Crippen molar-refractivity contribution in [2.24, 2.45) is 0 Å². The molecule has 5 nitrogen and oxygen atoms in total. The molecular weight excluding hydrogens is 184 g/mol. The van der Waals surface area contributed by atoms with E-state index in [1.165, 1.54) is 12.1 Å². The number of hydrogen-bond donors (Lipinski definition) is 2. The fourth-order valence-electron chi connectivity index (χ4n) is 0.930. The summed E-state index contributed by atoms with van der Waals surface area (Å²) >= 11 is 0. The molecule has 1 aromatic carbocycles. The molecule has 0 atom stereocenters. The summed E-state index contributed by atoms with van der Waals surface area (Å²) in [6, 6.07) is 6.08. The zero-order valence-corrected chi connectivity index (χ0v) is 7.30. The quantitative estimate of drug-likeness (QED) is 0.563. The number of carbonyl (C=O) groups excluding carboxylic acids is 1. The maximum Gasteiger partial charge on any atom is 0.247 e. The molecule has 0 heterocycles. The molecule has 0 spiro atoms. The molecule has 5 heteroatoms. The first kappa shape index (κ1) is 10.2. The van der Waals surface area contributed by atoms with E-state index in [0.717, 1.165) is 6.08 Å². The van der Waals surface area contributed by atoms with Crippen LogP contribution in [-0.4, -0.2) is 11.1 Å².